The van der Waals surface area contributed by atoms with Crippen molar-refractivity contribution in [3.8, 4) is 0 Å². The van der Waals surface area contributed by atoms with Crippen LogP contribution in [0.3, 0.4) is 0 Å². The van der Waals surface area contributed by atoms with E-state index >= 15 is 0 Å². The molecule has 1 atom stereocenters. The third kappa shape index (κ3) is 2.56. The fraction of sp³-hybridized carbons (Fsp3) is 0.357. The van der Waals surface area contributed by atoms with Gasteiger partial charge in [-0.3, -0.25) is 0 Å². The van der Waals surface area contributed by atoms with Gasteiger partial charge in [-0.25, -0.2) is 4.79 Å². The van der Waals surface area contributed by atoms with Crippen LogP contribution in [0.25, 0.3) is 0 Å². The van der Waals surface area contributed by atoms with Crippen LogP contribution in [0.1, 0.15) is 35.6 Å². The van der Waals surface area contributed by atoms with Gasteiger partial charge in [-0.2, -0.15) is 0 Å². The second-order valence-electron chi connectivity index (χ2n) is 4.52. The Labute approximate surface area is 100 Å². The summed E-state index contributed by atoms with van der Waals surface area (Å²) in [5.74, 6) is -0.991. The minimum atomic E-state index is -0.991. The average molecular weight is 232 g/mol. The van der Waals surface area contributed by atoms with Crippen molar-refractivity contribution in [2.24, 2.45) is 0 Å². The maximum atomic E-state index is 10.7. The largest absolute Gasteiger partial charge is 0.478 e. The number of benzene rings is 1. The molecule has 1 aromatic carbocycles. The van der Waals surface area contributed by atoms with Crippen molar-refractivity contribution in [1.82, 2.24) is 0 Å². The molecule has 0 saturated carbocycles. The lowest BCUT2D eigenvalue weighted by Gasteiger charge is -2.14. The topological polar surface area (TPSA) is 57.5 Å². The summed E-state index contributed by atoms with van der Waals surface area (Å²) in [6.45, 7) is 2.02. The van der Waals surface area contributed by atoms with Gasteiger partial charge in [0.25, 0.3) is 0 Å². The first-order valence-electron chi connectivity index (χ1n) is 5.79. The summed E-state index contributed by atoms with van der Waals surface area (Å²) in [4.78, 5) is 10.7. The summed E-state index contributed by atoms with van der Waals surface area (Å²) in [6, 6.07) is 5.92. The van der Waals surface area contributed by atoms with Crippen molar-refractivity contribution >= 4 is 5.97 Å². The van der Waals surface area contributed by atoms with E-state index in [2.05, 4.69) is 6.07 Å². The monoisotopic (exact) mass is 232 g/mol. The molecule has 0 amide bonds. The van der Waals surface area contributed by atoms with Crippen LogP contribution in [0.15, 0.2) is 29.8 Å². The SMILES string of the molecule is Cc1ccc2c(c1)CCC/C(=C\C(=O)O)C2O. The second-order valence-corrected chi connectivity index (χ2v) is 4.52. The van der Waals surface area contributed by atoms with Crippen molar-refractivity contribution < 1.29 is 15.0 Å². The Bertz CT molecular complexity index is 474. The second kappa shape index (κ2) is 4.72. The van der Waals surface area contributed by atoms with Gasteiger partial charge in [-0.1, -0.05) is 23.8 Å². The molecule has 1 aromatic rings. The van der Waals surface area contributed by atoms with Crippen LogP contribution in [0.5, 0.6) is 0 Å². The van der Waals surface area contributed by atoms with Gasteiger partial charge < -0.3 is 10.2 Å². The van der Waals surface area contributed by atoms with Gasteiger partial charge in [-0.15, -0.1) is 0 Å². The standard InChI is InChI=1S/C14H16O3/c1-9-5-6-12-10(7-9)3-2-4-11(14(12)17)8-13(15)16/h5-8,14,17H,2-4H2,1H3,(H,15,16)/b11-8+. The van der Waals surface area contributed by atoms with E-state index in [0.717, 1.165) is 30.0 Å². The van der Waals surface area contributed by atoms with Crippen LogP contribution >= 0.6 is 0 Å². The van der Waals surface area contributed by atoms with Crippen LogP contribution in [0.4, 0.5) is 0 Å². The van der Waals surface area contributed by atoms with E-state index in [-0.39, 0.29) is 0 Å². The molecule has 3 heteroatoms. The average Bonchev–Trinajstić information content (AvgIpc) is 2.39. The number of carbonyl (C=O) groups is 1. The van der Waals surface area contributed by atoms with E-state index in [4.69, 9.17) is 5.11 Å². The smallest absolute Gasteiger partial charge is 0.328 e. The van der Waals surface area contributed by atoms with Gasteiger partial charge in [0, 0.05) is 6.08 Å². The van der Waals surface area contributed by atoms with Crippen molar-refractivity contribution in [2.45, 2.75) is 32.3 Å². The number of hydrogen-bond acceptors (Lipinski definition) is 2. The first kappa shape index (κ1) is 11.9. The number of fused-ring (bicyclic) bond motifs is 1. The Morgan fingerprint density at radius 1 is 1.41 bits per heavy atom. The number of aliphatic hydroxyl groups excluding tert-OH is 1. The molecule has 0 aromatic heterocycles. The molecule has 3 nitrogen and oxygen atoms in total. The highest BCUT2D eigenvalue weighted by Crippen LogP contribution is 2.33. The van der Waals surface area contributed by atoms with Crippen LogP contribution < -0.4 is 0 Å². The summed E-state index contributed by atoms with van der Waals surface area (Å²) < 4.78 is 0. The van der Waals surface area contributed by atoms with E-state index in [1.807, 2.05) is 19.1 Å². The lowest BCUT2D eigenvalue weighted by Crippen LogP contribution is -2.04. The normalized spacial score (nSPS) is 22.0. The molecular formula is C14H16O3. The molecule has 17 heavy (non-hydrogen) atoms. The molecule has 1 aliphatic rings. The van der Waals surface area contributed by atoms with Gasteiger partial charge in [-0.05, 0) is 42.9 Å². The molecule has 1 unspecified atom stereocenters. The molecule has 0 bridgehead atoms. The van der Waals surface area contributed by atoms with Gasteiger partial charge in [0.15, 0.2) is 0 Å². The fourth-order valence-electron chi connectivity index (χ4n) is 2.35. The van der Waals surface area contributed by atoms with E-state index in [1.54, 1.807) is 0 Å². The van der Waals surface area contributed by atoms with Gasteiger partial charge in [0.05, 0.1) is 0 Å². The minimum Gasteiger partial charge on any atom is -0.478 e. The highest BCUT2D eigenvalue weighted by molar-refractivity contribution is 5.81. The first-order valence-corrected chi connectivity index (χ1v) is 5.79. The summed E-state index contributed by atoms with van der Waals surface area (Å²) in [5, 5.41) is 19.0. The van der Waals surface area contributed by atoms with Gasteiger partial charge in [0.1, 0.15) is 6.10 Å². The predicted octanol–water partition coefficient (Wildman–Crippen LogP) is 2.38. The van der Waals surface area contributed by atoms with E-state index in [1.165, 1.54) is 5.56 Å². The van der Waals surface area contributed by atoms with Crippen LogP contribution in [-0.2, 0) is 11.2 Å². The Morgan fingerprint density at radius 3 is 2.88 bits per heavy atom. The van der Waals surface area contributed by atoms with Crippen LogP contribution in [0.2, 0.25) is 0 Å². The van der Waals surface area contributed by atoms with Crippen molar-refractivity contribution in [1.29, 1.82) is 0 Å². The van der Waals surface area contributed by atoms with Crippen molar-refractivity contribution in [3.05, 3.63) is 46.5 Å². The number of aliphatic hydroxyl groups is 1. The summed E-state index contributed by atoms with van der Waals surface area (Å²) in [7, 11) is 0. The van der Waals surface area contributed by atoms with E-state index in [0.29, 0.717) is 12.0 Å². The van der Waals surface area contributed by atoms with Crippen LogP contribution in [-0.4, -0.2) is 16.2 Å². The number of carboxylic acid groups (broad SMARTS) is 1. The molecule has 0 aliphatic heterocycles. The molecule has 0 radical (unpaired) electrons. The highest BCUT2D eigenvalue weighted by Gasteiger charge is 2.21. The molecule has 1 aliphatic carbocycles. The third-order valence-corrected chi connectivity index (χ3v) is 3.16. The first-order chi connectivity index (χ1) is 8.08. The summed E-state index contributed by atoms with van der Waals surface area (Å²) in [5.41, 5.74) is 3.74. The lowest BCUT2D eigenvalue weighted by molar-refractivity contribution is -0.131. The molecule has 2 rings (SSSR count). The van der Waals surface area contributed by atoms with Gasteiger partial charge >= 0.3 is 5.97 Å². The van der Waals surface area contributed by atoms with Crippen molar-refractivity contribution in [3.63, 3.8) is 0 Å². The maximum absolute atomic E-state index is 10.7. The maximum Gasteiger partial charge on any atom is 0.328 e. The van der Waals surface area contributed by atoms with Crippen LogP contribution in [0, 0.1) is 6.92 Å². The number of aliphatic carboxylic acids is 1. The third-order valence-electron chi connectivity index (χ3n) is 3.16. The molecular weight excluding hydrogens is 216 g/mol. The summed E-state index contributed by atoms with van der Waals surface area (Å²) >= 11 is 0. The predicted molar refractivity (Wildman–Crippen MR) is 64.8 cm³/mol. The highest BCUT2D eigenvalue weighted by atomic mass is 16.4. The molecule has 0 heterocycles. The molecule has 2 N–H and O–H groups in total. The molecule has 0 saturated heterocycles. The zero-order chi connectivity index (χ0) is 12.4. The fourth-order valence-corrected chi connectivity index (χ4v) is 2.35. The number of aryl methyl sites for hydroxylation is 2. The number of carboxylic acids is 1. The van der Waals surface area contributed by atoms with E-state index < -0.39 is 12.1 Å². The Morgan fingerprint density at radius 2 is 2.18 bits per heavy atom. The number of hydrogen-bond donors (Lipinski definition) is 2. The zero-order valence-corrected chi connectivity index (χ0v) is 9.81. The van der Waals surface area contributed by atoms with Gasteiger partial charge in [0.2, 0.25) is 0 Å². The Balaban J connectivity index is 2.43. The molecule has 0 spiro atoms. The Kier molecular flexibility index (Phi) is 3.29. The number of rotatable bonds is 1. The molecule has 0 fully saturated rings. The van der Waals surface area contributed by atoms with E-state index in [9.17, 15) is 9.90 Å². The summed E-state index contributed by atoms with van der Waals surface area (Å²) in [6.07, 6.45) is 2.78. The van der Waals surface area contributed by atoms with Crippen molar-refractivity contribution in [2.75, 3.05) is 0 Å². The lowest BCUT2D eigenvalue weighted by atomic mass is 9.96. The minimum absolute atomic E-state index is 0.597. The zero-order valence-electron chi connectivity index (χ0n) is 9.81. The Hall–Kier alpha value is -1.61. The quantitative estimate of drug-likeness (QED) is 0.577. The molecule has 90 valence electrons.